The van der Waals surface area contributed by atoms with E-state index in [1.54, 1.807) is 7.11 Å². The second kappa shape index (κ2) is 6.80. The van der Waals surface area contributed by atoms with Gasteiger partial charge in [-0.1, -0.05) is 30.2 Å². The standard InChI is InChI=1S/C25H30O4/c1-25-13-19(14-3-6-16(29-2)7-4-14)24-17(20(25)9-10-23(25)28)8-5-15-11-21(26)22(27)12-18(15)24/h3-4,6-7,15,17,19-20,22,27H,5,8-13H2,1-2H3/t15?,17-,19+,20-,22?,25-/m0/s1. The predicted molar refractivity (Wildman–Crippen MR) is 110 cm³/mol. The summed E-state index contributed by atoms with van der Waals surface area (Å²) in [5.41, 5.74) is 3.75. The molecule has 4 nitrogen and oxygen atoms in total. The lowest BCUT2D eigenvalue weighted by Crippen LogP contribution is -2.45. The summed E-state index contributed by atoms with van der Waals surface area (Å²) >= 11 is 0. The van der Waals surface area contributed by atoms with Crippen molar-refractivity contribution in [3.63, 3.8) is 0 Å². The molecule has 4 heteroatoms. The number of carbonyl (C=O) groups is 2. The maximum absolute atomic E-state index is 12.9. The van der Waals surface area contributed by atoms with Crippen molar-refractivity contribution < 1.29 is 19.4 Å². The van der Waals surface area contributed by atoms with Gasteiger partial charge in [-0.15, -0.1) is 0 Å². The summed E-state index contributed by atoms with van der Waals surface area (Å²) in [4.78, 5) is 25.1. The Kier molecular flexibility index (Phi) is 4.47. The van der Waals surface area contributed by atoms with Crippen LogP contribution in [0, 0.1) is 23.2 Å². The third-order valence-corrected chi connectivity index (χ3v) is 8.47. The van der Waals surface area contributed by atoms with Gasteiger partial charge < -0.3 is 9.84 Å². The van der Waals surface area contributed by atoms with Crippen LogP contribution in [0.4, 0.5) is 0 Å². The number of ketones is 2. The molecule has 0 aromatic heterocycles. The molecule has 4 aliphatic carbocycles. The van der Waals surface area contributed by atoms with Crippen LogP contribution in [0.3, 0.4) is 0 Å². The van der Waals surface area contributed by atoms with Crippen molar-refractivity contribution in [2.24, 2.45) is 23.2 Å². The SMILES string of the molecule is COc1ccc([C@H]2C[C@]3(C)C(=O)CC[C@H]3[C@@H]3CCC4CC(=O)C(O)CC4=C32)cc1. The Bertz CT molecular complexity index is 883. The average Bonchev–Trinajstić information content (AvgIpc) is 3.03. The second-order valence-electron chi connectivity index (χ2n) is 9.77. The monoisotopic (exact) mass is 394 g/mol. The molecule has 0 bridgehead atoms. The number of hydrogen-bond acceptors (Lipinski definition) is 4. The topological polar surface area (TPSA) is 63.6 Å². The number of rotatable bonds is 2. The molecule has 1 N–H and O–H groups in total. The number of methoxy groups -OCH3 is 1. The summed E-state index contributed by atoms with van der Waals surface area (Å²) in [7, 11) is 1.67. The number of allylic oxidation sites excluding steroid dienone is 1. The minimum atomic E-state index is -0.859. The van der Waals surface area contributed by atoms with E-state index in [0.29, 0.717) is 36.9 Å². The van der Waals surface area contributed by atoms with Gasteiger partial charge in [-0.2, -0.15) is 0 Å². The van der Waals surface area contributed by atoms with Gasteiger partial charge in [0.15, 0.2) is 5.78 Å². The molecule has 0 radical (unpaired) electrons. The van der Waals surface area contributed by atoms with Crippen LogP contribution >= 0.6 is 0 Å². The summed E-state index contributed by atoms with van der Waals surface area (Å²) in [5.74, 6) is 2.52. The van der Waals surface area contributed by atoms with E-state index in [9.17, 15) is 14.7 Å². The number of Topliss-reactive ketones (excluding diaryl/α,β-unsaturated/α-hetero) is 2. The molecule has 29 heavy (non-hydrogen) atoms. The normalized spacial score (nSPS) is 39.1. The molecule has 3 saturated carbocycles. The first-order valence-corrected chi connectivity index (χ1v) is 11.0. The van der Waals surface area contributed by atoms with E-state index in [0.717, 1.165) is 31.4 Å². The third kappa shape index (κ3) is 2.83. The molecule has 154 valence electrons. The molecule has 5 rings (SSSR count). The van der Waals surface area contributed by atoms with Crippen LogP contribution in [0.5, 0.6) is 5.75 Å². The van der Waals surface area contributed by atoms with Gasteiger partial charge in [-0.3, -0.25) is 9.59 Å². The molecule has 0 amide bonds. The number of aliphatic hydroxyl groups excluding tert-OH is 1. The summed E-state index contributed by atoms with van der Waals surface area (Å²) in [5, 5.41) is 10.4. The Morgan fingerprint density at radius 3 is 2.55 bits per heavy atom. The first kappa shape index (κ1) is 19.0. The lowest BCUT2D eigenvalue weighted by molar-refractivity contribution is -0.129. The van der Waals surface area contributed by atoms with E-state index >= 15 is 0 Å². The highest BCUT2D eigenvalue weighted by atomic mass is 16.5. The van der Waals surface area contributed by atoms with Gasteiger partial charge in [0, 0.05) is 30.6 Å². The van der Waals surface area contributed by atoms with Crippen molar-refractivity contribution in [1.29, 1.82) is 0 Å². The van der Waals surface area contributed by atoms with E-state index in [2.05, 4.69) is 19.1 Å². The van der Waals surface area contributed by atoms with Gasteiger partial charge in [0.05, 0.1) is 7.11 Å². The van der Waals surface area contributed by atoms with Crippen molar-refractivity contribution in [3.05, 3.63) is 41.0 Å². The number of ether oxygens (including phenoxy) is 1. The van der Waals surface area contributed by atoms with E-state index in [1.807, 2.05) is 12.1 Å². The lowest BCUT2D eigenvalue weighted by atomic mass is 9.52. The number of benzene rings is 1. The fraction of sp³-hybridized carbons (Fsp3) is 0.600. The average molecular weight is 395 g/mol. The van der Waals surface area contributed by atoms with Gasteiger partial charge >= 0.3 is 0 Å². The predicted octanol–water partition coefficient (Wildman–Crippen LogP) is 4.21. The molecule has 0 saturated heterocycles. The second-order valence-corrected chi connectivity index (χ2v) is 9.77. The summed E-state index contributed by atoms with van der Waals surface area (Å²) in [6.07, 6.45) is 4.70. The Balaban J connectivity index is 1.64. The van der Waals surface area contributed by atoms with Gasteiger partial charge in [-0.05, 0) is 61.1 Å². The van der Waals surface area contributed by atoms with Crippen molar-refractivity contribution >= 4 is 11.6 Å². The van der Waals surface area contributed by atoms with E-state index in [4.69, 9.17) is 4.74 Å². The van der Waals surface area contributed by atoms with Gasteiger partial charge in [0.25, 0.3) is 0 Å². The molecular weight excluding hydrogens is 364 g/mol. The zero-order valence-electron chi connectivity index (χ0n) is 17.3. The zero-order valence-corrected chi connectivity index (χ0v) is 17.3. The van der Waals surface area contributed by atoms with E-state index in [1.165, 1.54) is 16.7 Å². The van der Waals surface area contributed by atoms with Crippen LogP contribution in [-0.2, 0) is 9.59 Å². The highest BCUT2D eigenvalue weighted by molar-refractivity contribution is 5.88. The molecule has 6 atom stereocenters. The molecule has 0 heterocycles. The molecule has 1 aromatic rings. The number of aliphatic hydroxyl groups is 1. The molecular formula is C25H30O4. The molecule has 4 aliphatic rings. The van der Waals surface area contributed by atoms with Crippen molar-refractivity contribution in [3.8, 4) is 5.75 Å². The van der Waals surface area contributed by atoms with Gasteiger partial charge in [0.2, 0.25) is 0 Å². The molecule has 1 aromatic carbocycles. The minimum absolute atomic E-state index is 0.00418. The summed E-state index contributed by atoms with van der Waals surface area (Å²) in [6.45, 7) is 2.19. The van der Waals surface area contributed by atoms with Crippen LogP contribution in [0.1, 0.15) is 63.4 Å². The lowest BCUT2D eigenvalue weighted by Gasteiger charge is -2.51. The number of hydrogen-bond donors (Lipinski definition) is 1. The van der Waals surface area contributed by atoms with Crippen molar-refractivity contribution in [1.82, 2.24) is 0 Å². The van der Waals surface area contributed by atoms with Crippen LogP contribution in [0.15, 0.2) is 35.4 Å². The first-order valence-electron chi connectivity index (χ1n) is 11.0. The van der Waals surface area contributed by atoms with Crippen LogP contribution in [-0.4, -0.2) is 29.9 Å². The fourth-order valence-electron chi connectivity index (χ4n) is 6.97. The van der Waals surface area contributed by atoms with Crippen LogP contribution in [0.2, 0.25) is 0 Å². The van der Waals surface area contributed by atoms with Crippen LogP contribution < -0.4 is 4.74 Å². The Morgan fingerprint density at radius 1 is 1.07 bits per heavy atom. The largest absolute Gasteiger partial charge is 0.497 e. The van der Waals surface area contributed by atoms with Crippen LogP contribution in [0.25, 0.3) is 0 Å². The first-order chi connectivity index (χ1) is 13.9. The highest BCUT2D eigenvalue weighted by Gasteiger charge is 2.57. The smallest absolute Gasteiger partial charge is 0.162 e. The Labute approximate surface area is 172 Å². The molecule has 3 fully saturated rings. The number of carbonyl (C=O) groups excluding carboxylic acids is 2. The highest BCUT2D eigenvalue weighted by Crippen LogP contribution is 2.63. The van der Waals surface area contributed by atoms with Crippen molar-refractivity contribution in [2.45, 2.75) is 63.9 Å². The molecule has 2 unspecified atom stereocenters. The Hall–Kier alpha value is -1.94. The quantitative estimate of drug-likeness (QED) is 0.763. The fourth-order valence-corrected chi connectivity index (χ4v) is 6.97. The molecule has 0 aliphatic heterocycles. The summed E-state index contributed by atoms with van der Waals surface area (Å²) < 4.78 is 5.34. The maximum atomic E-state index is 12.9. The molecule has 0 spiro atoms. The third-order valence-electron chi connectivity index (χ3n) is 8.47. The summed E-state index contributed by atoms with van der Waals surface area (Å²) in [6, 6.07) is 8.26. The van der Waals surface area contributed by atoms with Gasteiger partial charge in [0.1, 0.15) is 17.6 Å². The zero-order chi connectivity index (χ0) is 20.3. The minimum Gasteiger partial charge on any atom is -0.497 e. The van der Waals surface area contributed by atoms with Crippen molar-refractivity contribution in [2.75, 3.05) is 7.11 Å². The Morgan fingerprint density at radius 2 is 1.83 bits per heavy atom. The maximum Gasteiger partial charge on any atom is 0.162 e. The number of fused-ring (bicyclic) bond motifs is 4. The van der Waals surface area contributed by atoms with E-state index in [-0.39, 0.29) is 23.0 Å². The van der Waals surface area contributed by atoms with E-state index < -0.39 is 6.10 Å². The van der Waals surface area contributed by atoms with Gasteiger partial charge in [-0.25, -0.2) is 0 Å².